The minimum Gasteiger partial charge on any atom is -0.872 e. The summed E-state index contributed by atoms with van der Waals surface area (Å²) in [5.41, 5.74) is 1.37. The predicted octanol–water partition coefficient (Wildman–Crippen LogP) is 3.03. The summed E-state index contributed by atoms with van der Waals surface area (Å²) < 4.78 is 0. The lowest BCUT2D eigenvalue weighted by atomic mass is 10.1. The third-order valence-corrected chi connectivity index (χ3v) is 4.65. The third kappa shape index (κ3) is 3.70. The van der Waals surface area contributed by atoms with Crippen LogP contribution in [0.4, 0.5) is 5.69 Å². The monoisotopic (exact) mass is 368 g/mol. The molecular formula is C18H14N3O4S-. The second-order valence-electron chi connectivity index (χ2n) is 5.51. The van der Waals surface area contributed by atoms with Crippen LogP contribution in [-0.2, 0) is 6.54 Å². The van der Waals surface area contributed by atoms with Gasteiger partial charge >= 0.3 is 0 Å². The number of hydrogen-bond acceptors (Lipinski definition) is 6. The van der Waals surface area contributed by atoms with E-state index in [2.05, 4.69) is 10.3 Å². The van der Waals surface area contributed by atoms with Crippen LogP contribution in [-0.4, -0.2) is 15.8 Å². The smallest absolute Gasteiger partial charge is 0.269 e. The van der Waals surface area contributed by atoms with Crippen molar-refractivity contribution in [1.29, 1.82) is 0 Å². The largest absolute Gasteiger partial charge is 0.872 e. The van der Waals surface area contributed by atoms with Crippen molar-refractivity contribution in [3.8, 4) is 17.0 Å². The molecule has 0 aliphatic carbocycles. The fraction of sp³-hybridized carbons (Fsp3) is 0.111. The van der Waals surface area contributed by atoms with Crippen LogP contribution in [0.1, 0.15) is 20.2 Å². The molecule has 0 unspecified atom stereocenters. The summed E-state index contributed by atoms with van der Waals surface area (Å²) in [5, 5.41) is 26.1. The first kappa shape index (κ1) is 17.6. The van der Waals surface area contributed by atoms with Crippen molar-refractivity contribution < 1.29 is 14.8 Å². The Hall–Kier alpha value is -3.26. The number of benzene rings is 2. The van der Waals surface area contributed by atoms with E-state index in [1.807, 2.05) is 37.3 Å². The molecule has 26 heavy (non-hydrogen) atoms. The summed E-state index contributed by atoms with van der Waals surface area (Å²) in [6.07, 6.45) is 0. The molecule has 8 heteroatoms. The molecule has 0 aliphatic heterocycles. The fourth-order valence-electron chi connectivity index (χ4n) is 2.45. The number of nitrogens with zero attached hydrogens (tertiary/aromatic N) is 2. The summed E-state index contributed by atoms with van der Waals surface area (Å²) in [6, 6.07) is 12.8. The summed E-state index contributed by atoms with van der Waals surface area (Å²) in [5.74, 6) is -0.736. The van der Waals surface area contributed by atoms with Crippen LogP contribution in [0.2, 0.25) is 0 Å². The Morgan fingerprint density at radius 2 is 1.96 bits per heavy atom. The molecule has 1 heterocycles. The van der Waals surface area contributed by atoms with Crippen molar-refractivity contribution in [3.05, 3.63) is 74.1 Å². The molecule has 0 atom stereocenters. The van der Waals surface area contributed by atoms with Gasteiger partial charge in [-0.2, -0.15) is 0 Å². The van der Waals surface area contributed by atoms with E-state index >= 15 is 0 Å². The Labute approximate surface area is 153 Å². The van der Waals surface area contributed by atoms with Gasteiger partial charge in [-0.05, 0) is 12.5 Å². The van der Waals surface area contributed by atoms with Crippen molar-refractivity contribution >= 4 is 22.9 Å². The van der Waals surface area contributed by atoms with Crippen LogP contribution >= 0.6 is 11.3 Å². The first-order valence-electron chi connectivity index (χ1n) is 7.71. The van der Waals surface area contributed by atoms with Gasteiger partial charge in [0, 0.05) is 24.2 Å². The lowest BCUT2D eigenvalue weighted by molar-refractivity contribution is -0.385. The number of rotatable bonds is 5. The molecular weight excluding hydrogens is 354 g/mol. The molecule has 132 valence electrons. The third-order valence-electron chi connectivity index (χ3n) is 3.68. The molecule has 7 nitrogen and oxygen atoms in total. The van der Waals surface area contributed by atoms with E-state index < -0.39 is 4.92 Å². The van der Waals surface area contributed by atoms with E-state index in [0.717, 1.165) is 22.7 Å². The highest BCUT2D eigenvalue weighted by molar-refractivity contribution is 7.14. The van der Waals surface area contributed by atoms with Crippen molar-refractivity contribution in [1.82, 2.24) is 10.3 Å². The first-order chi connectivity index (χ1) is 12.5. The second kappa shape index (κ2) is 7.32. The number of hydrogen-bond donors (Lipinski definition) is 1. The maximum atomic E-state index is 12.6. The number of nitrogens with one attached hydrogen (secondary N) is 1. The van der Waals surface area contributed by atoms with Gasteiger partial charge in [-0.15, -0.1) is 17.1 Å². The molecule has 2 aromatic carbocycles. The summed E-state index contributed by atoms with van der Waals surface area (Å²) in [4.78, 5) is 27.7. The molecule has 3 aromatic rings. The number of amides is 1. The zero-order valence-corrected chi connectivity index (χ0v) is 14.6. The Bertz CT molecular complexity index is 970. The molecule has 3 rings (SSSR count). The zero-order chi connectivity index (χ0) is 18.7. The van der Waals surface area contributed by atoms with E-state index in [4.69, 9.17) is 0 Å². The molecule has 1 N–H and O–H groups in total. The highest BCUT2D eigenvalue weighted by Crippen LogP contribution is 2.28. The summed E-state index contributed by atoms with van der Waals surface area (Å²) in [7, 11) is 0. The van der Waals surface area contributed by atoms with Crippen LogP contribution < -0.4 is 10.4 Å². The molecule has 1 aromatic heterocycles. The van der Waals surface area contributed by atoms with Gasteiger partial charge in [-0.3, -0.25) is 14.9 Å². The summed E-state index contributed by atoms with van der Waals surface area (Å²) >= 11 is 1.26. The Morgan fingerprint density at radius 3 is 2.65 bits per heavy atom. The Kier molecular flexibility index (Phi) is 4.94. The highest BCUT2D eigenvalue weighted by atomic mass is 32.1. The Balaban J connectivity index is 1.82. The van der Waals surface area contributed by atoms with Crippen LogP contribution in [0.5, 0.6) is 5.75 Å². The average molecular weight is 368 g/mol. The van der Waals surface area contributed by atoms with Gasteiger partial charge in [-0.25, -0.2) is 4.98 Å². The van der Waals surface area contributed by atoms with Gasteiger partial charge < -0.3 is 10.4 Å². The van der Waals surface area contributed by atoms with Crippen LogP contribution in [0.25, 0.3) is 11.3 Å². The van der Waals surface area contributed by atoms with Gasteiger partial charge in [0.05, 0.1) is 15.6 Å². The molecule has 1 amide bonds. The zero-order valence-electron chi connectivity index (χ0n) is 13.8. The summed E-state index contributed by atoms with van der Waals surface area (Å²) in [6.45, 7) is 1.72. The molecule has 0 radical (unpaired) electrons. The van der Waals surface area contributed by atoms with Crippen molar-refractivity contribution in [2.75, 3.05) is 0 Å². The van der Waals surface area contributed by atoms with Crippen LogP contribution in [0.15, 0.2) is 48.5 Å². The SMILES string of the molecule is Cc1nc(-c2ccccc2)c(C(=O)NCc2cc([N+](=O)[O-])ccc2[O-])s1. The van der Waals surface area contributed by atoms with Gasteiger partial charge in [0.2, 0.25) is 0 Å². The lowest BCUT2D eigenvalue weighted by Crippen LogP contribution is -2.23. The fourth-order valence-corrected chi connectivity index (χ4v) is 3.30. The number of thiazole rings is 1. The molecule has 0 aliphatic rings. The normalized spacial score (nSPS) is 10.5. The van der Waals surface area contributed by atoms with Crippen LogP contribution in [0, 0.1) is 17.0 Å². The van der Waals surface area contributed by atoms with Gasteiger partial charge in [-0.1, -0.05) is 36.4 Å². The highest BCUT2D eigenvalue weighted by Gasteiger charge is 2.18. The quantitative estimate of drug-likeness (QED) is 0.550. The number of carbonyl (C=O) groups excluding carboxylic acids is 1. The van der Waals surface area contributed by atoms with Gasteiger partial charge in [0.15, 0.2) is 0 Å². The number of non-ortho nitro benzene ring substituents is 1. The topological polar surface area (TPSA) is 108 Å². The second-order valence-corrected chi connectivity index (χ2v) is 6.71. The van der Waals surface area contributed by atoms with Crippen molar-refractivity contribution in [2.24, 2.45) is 0 Å². The van der Waals surface area contributed by atoms with E-state index in [9.17, 15) is 20.0 Å². The number of aromatic nitrogens is 1. The number of nitro benzene ring substituents is 1. The van der Waals surface area contributed by atoms with Gasteiger partial charge in [0.1, 0.15) is 4.88 Å². The minimum absolute atomic E-state index is 0.0927. The molecule has 0 fully saturated rings. The van der Waals surface area contributed by atoms with Crippen LogP contribution in [0.3, 0.4) is 0 Å². The predicted molar refractivity (Wildman–Crippen MR) is 96.0 cm³/mol. The average Bonchev–Trinajstić information content (AvgIpc) is 3.03. The molecule has 0 bridgehead atoms. The number of carbonyl (C=O) groups is 1. The van der Waals surface area contributed by atoms with E-state index in [0.29, 0.717) is 10.6 Å². The van der Waals surface area contributed by atoms with Crippen molar-refractivity contribution in [2.45, 2.75) is 13.5 Å². The molecule has 0 spiro atoms. The minimum atomic E-state index is -0.579. The Morgan fingerprint density at radius 1 is 1.23 bits per heavy atom. The first-order valence-corrected chi connectivity index (χ1v) is 8.52. The number of nitro groups is 1. The molecule has 0 saturated heterocycles. The van der Waals surface area contributed by atoms with E-state index in [1.54, 1.807) is 0 Å². The lowest BCUT2D eigenvalue weighted by Gasteiger charge is -2.13. The maximum Gasteiger partial charge on any atom is 0.269 e. The number of aryl methyl sites for hydroxylation is 1. The standard InChI is InChI=1S/C18H15N3O4S/c1-11-20-16(12-5-3-2-4-6-12)17(26-11)18(23)19-10-13-9-14(21(24)25)7-8-15(13)22/h2-9,22H,10H2,1H3,(H,19,23)/p-1. The van der Waals surface area contributed by atoms with E-state index in [1.165, 1.54) is 17.4 Å². The van der Waals surface area contributed by atoms with Crippen molar-refractivity contribution in [3.63, 3.8) is 0 Å². The van der Waals surface area contributed by atoms with E-state index in [-0.39, 0.29) is 29.5 Å². The maximum absolute atomic E-state index is 12.6. The molecule has 0 saturated carbocycles. The van der Waals surface area contributed by atoms with Gasteiger partial charge in [0.25, 0.3) is 11.6 Å².